The topological polar surface area (TPSA) is 76.0 Å². The summed E-state index contributed by atoms with van der Waals surface area (Å²) >= 11 is 1.18. The molecular formula is C20H19FN4O2S. The molecule has 1 unspecified atom stereocenters. The number of aromatic nitrogens is 2. The molecule has 3 rings (SSSR count). The maximum Gasteiger partial charge on any atom is 0.321 e. The highest BCUT2D eigenvalue weighted by Gasteiger charge is 2.19. The van der Waals surface area contributed by atoms with Crippen LogP contribution < -0.4 is 10.6 Å². The minimum Gasteiger partial charge on any atom is -0.334 e. The number of amides is 3. The third kappa shape index (κ3) is 5.20. The molecule has 2 aromatic carbocycles. The molecule has 28 heavy (non-hydrogen) atoms. The van der Waals surface area contributed by atoms with E-state index < -0.39 is 17.2 Å². The summed E-state index contributed by atoms with van der Waals surface area (Å²) in [4.78, 5) is 28.5. The highest BCUT2D eigenvalue weighted by atomic mass is 32.2. The highest BCUT2D eigenvalue weighted by molar-refractivity contribution is 8.00. The smallest absolute Gasteiger partial charge is 0.321 e. The van der Waals surface area contributed by atoms with Crippen LogP contribution in [-0.4, -0.2) is 26.7 Å². The first kappa shape index (κ1) is 19.6. The summed E-state index contributed by atoms with van der Waals surface area (Å²) in [6.07, 6.45) is 3.26. The molecular weight excluding hydrogens is 379 g/mol. The number of benzene rings is 2. The molecule has 0 aliphatic carbocycles. The van der Waals surface area contributed by atoms with Gasteiger partial charge in [-0.3, -0.25) is 14.7 Å². The molecule has 1 atom stereocenters. The molecule has 0 aliphatic rings. The van der Waals surface area contributed by atoms with Crippen LogP contribution in [0.3, 0.4) is 0 Å². The molecule has 3 amide bonds. The van der Waals surface area contributed by atoms with Crippen molar-refractivity contribution in [2.75, 3.05) is 0 Å². The Bertz CT molecular complexity index is 962. The zero-order chi connectivity index (χ0) is 19.9. The molecule has 2 N–H and O–H groups in total. The lowest BCUT2D eigenvalue weighted by atomic mass is 10.2. The number of imide groups is 1. The number of urea groups is 1. The van der Waals surface area contributed by atoms with Crippen molar-refractivity contribution in [1.29, 1.82) is 0 Å². The van der Waals surface area contributed by atoms with Crippen LogP contribution in [-0.2, 0) is 11.3 Å². The van der Waals surface area contributed by atoms with Crippen LogP contribution in [0.4, 0.5) is 9.18 Å². The Morgan fingerprint density at radius 2 is 1.96 bits per heavy atom. The average Bonchev–Trinajstić information content (AvgIpc) is 3.15. The number of nitrogens with zero attached hydrogens (tertiary/aromatic N) is 2. The Kier molecular flexibility index (Phi) is 6.44. The molecule has 3 aromatic rings. The van der Waals surface area contributed by atoms with E-state index in [0.717, 1.165) is 5.56 Å². The number of halogens is 1. The van der Waals surface area contributed by atoms with Crippen LogP contribution in [0.1, 0.15) is 12.5 Å². The van der Waals surface area contributed by atoms with E-state index in [1.807, 2.05) is 30.3 Å². The summed E-state index contributed by atoms with van der Waals surface area (Å²) in [6.45, 7) is 2.00. The van der Waals surface area contributed by atoms with Crippen molar-refractivity contribution in [2.45, 2.75) is 23.9 Å². The van der Waals surface area contributed by atoms with Gasteiger partial charge in [0.2, 0.25) is 5.91 Å². The lowest BCUT2D eigenvalue weighted by Gasteiger charge is -2.13. The third-order valence-corrected chi connectivity index (χ3v) is 4.96. The second-order valence-corrected chi connectivity index (χ2v) is 7.29. The van der Waals surface area contributed by atoms with Gasteiger partial charge in [-0.15, -0.1) is 0 Å². The van der Waals surface area contributed by atoms with Crippen molar-refractivity contribution >= 4 is 23.7 Å². The van der Waals surface area contributed by atoms with E-state index in [1.54, 1.807) is 36.0 Å². The van der Waals surface area contributed by atoms with Gasteiger partial charge in [0, 0.05) is 18.9 Å². The molecule has 0 spiro atoms. The molecule has 6 nitrogen and oxygen atoms in total. The number of hydrogen-bond acceptors (Lipinski definition) is 4. The summed E-state index contributed by atoms with van der Waals surface area (Å²) in [7, 11) is 0. The first-order chi connectivity index (χ1) is 13.5. The largest absolute Gasteiger partial charge is 0.334 e. The number of imidazole rings is 1. The summed E-state index contributed by atoms with van der Waals surface area (Å²) in [5, 5.41) is 4.92. The zero-order valence-corrected chi connectivity index (χ0v) is 15.9. The number of carbonyl (C=O) groups is 2. The molecule has 1 heterocycles. The van der Waals surface area contributed by atoms with Gasteiger partial charge in [0.15, 0.2) is 5.16 Å². The van der Waals surface area contributed by atoms with Crippen LogP contribution in [0.5, 0.6) is 0 Å². The lowest BCUT2D eigenvalue weighted by Crippen LogP contribution is -2.42. The fraction of sp³-hybridized carbons (Fsp3) is 0.150. The molecule has 0 saturated heterocycles. The van der Waals surface area contributed by atoms with Gasteiger partial charge in [-0.1, -0.05) is 48.2 Å². The van der Waals surface area contributed by atoms with Crippen molar-refractivity contribution in [3.63, 3.8) is 0 Å². The first-order valence-corrected chi connectivity index (χ1v) is 9.49. The molecule has 0 saturated carbocycles. The lowest BCUT2D eigenvalue weighted by molar-refractivity contribution is -0.119. The standard InChI is InChI=1S/C20H19FN4O2S/c1-14(18(26)24-19(27)23-13-15-6-3-2-4-7-15)28-20-22-10-11-25(20)17-9-5-8-16(21)12-17/h2-12,14H,13H2,1H3,(H2,23,24,26,27). The average molecular weight is 398 g/mol. The van der Waals surface area contributed by atoms with Crippen molar-refractivity contribution in [3.8, 4) is 5.69 Å². The molecule has 8 heteroatoms. The third-order valence-electron chi connectivity index (χ3n) is 3.88. The monoisotopic (exact) mass is 398 g/mol. The SMILES string of the molecule is CC(Sc1nccn1-c1cccc(F)c1)C(=O)NC(=O)NCc1ccccc1. The maximum atomic E-state index is 13.5. The van der Waals surface area contributed by atoms with Gasteiger partial charge in [0.1, 0.15) is 5.82 Å². The van der Waals surface area contributed by atoms with Crippen LogP contribution in [0.2, 0.25) is 0 Å². The fourth-order valence-electron chi connectivity index (χ4n) is 2.45. The van der Waals surface area contributed by atoms with Crippen molar-refractivity contribution in [1.82, 2.24) is 20.2 Å². The van der Waals surface area contributed by atoms with E-state index in [9.17, 15) is 14.0 Å². The van der Waals surface area contributed by atoms with E-state index in [4.69, 9.17) is 0 Å². The van der Waals surface area contributed by atoms with Crippen molar-refractivity contribution in [2.24, 2.45) is 0 Å². The van der Waals surface area contributed by atoms with E-state index in [2.05, 4.69) is 15.6 Å². The predicted octanol–water partition coefficient (Wildman–Crippen LogP) is 3.52. The van der Waals surface area contributed by atoms with Crippen molar-refractivity contribution in [3.05, 3.63) is 78.4 Å². The Hall–Kier alpha value is -3.13. The normalized spacial score (nSPS) is 11.6. The van der Waals surface area contributed by atoms with Gasteiger partial charge >= 0.3 is 6.03 Å². The van der Waals surface area contributed by atoms with Crippen LogP contribution >= 0.6 is 11.8 Å². The van der Waals surface area contributed by atoms with Gasteiger partial charge in [-0.05, 0) is 30.7 Å². The molecule has 1 aromatic heterocycles. The number of thioether (sulfide) groups is 1. The first-order valence-electron chi connectivity index (χ1n) is 8.61. The molecule has 0 radical (unpaired) electrons. The predicted molar refractivity (Wildman–Crippen MR) is 106 cm³/mol. The van der Waals surface area contributed by atoms with E-state index in [0.29, 0.717) is 17.4 Å². The highest BCUT2D eigenvalue weighted by Crippen LogP contribution is 2.24. The van der Waals surface area contributed by atoms with Gasteiger partial charge in [-0.2, -0.15) is 0 Å². The van der Waals surface area contributed by atoms with Crippen molar-refractivity contribution < 1.29 is 14.0 Å². The van der Waals surface area contributed by atoms with Gasteiger partial charge in [-0.25, -0.2) is 14.2 Å². The van der Waals surface area contributed by atoms with Gasteiger partial charge in [0.05, 0.1) is 10.9 Å². The second kappa shape index (κ2) is 9.18. The summed E-state index contributed by atoms with van der Waals surface area (Å²) in [5.41, 5.74) is 1.54. The Balaban J connectivity index is 1.56. The number of hydrogen-bond donors (Lipinski definition) is 2. The Morgan fingerprint density at radius 3 is 2.71 bits per heavy atom. The minimum absolute atomic E-state index is 0.325. The molecule has 144 valence electrons. The number of rotatable bonds is 6. The molecule has 0 bridgehead atoms. The fourth-order valence-corrected chi connectivity index (χ4v) is 3.33. The quantitative estimate of drug-likeness (QED) is 0.623. The van der Waals surface area contributed by atoms with Crippen LogP contribution in [0.15, 0.2) is 72.1 Å². The van der Waals surface area contributed by atoms with Gasteiger partial charge in [0.25, 0.3) is 0 Å². The Morgan fingerprint density at radius 1 is 1.18 bits per heavy atom. The molecule has 0 fully saturated rings. The maximum absolute atomic E-state index is 13.5. The summed E-state index contributed by atoms with van der Waals surface area (Å²) < 4.78 is 15.2. The number of nitrogens with one attached hydrogen (secondary N) is 2. The minimum atomic E-state index is -0.572. The zero-order valence-electron chi connectivity index (χ0n) is 15.1. The van der Waals surface area contributed by atoms with Crippen LogP contribution in [0, 0.1) is 5.82 Å². The Labute approximate surface area is 166 Å². The van der Waals surface area contributed by atoms with Gasteiger partial charge < -0.3 is 5.32 Å². The summed E-state index contributed by atoms with van der Waals surface area (Å²) in [5.74, 6) is -0.799. The van der Waals surface area contributed by atoms with Crippen LogP contribution in [0.25, 0.3) is 5.69 Å². The molecule has 0 aliphatic heterocycles. The summed E-state index contributed by atoms with van der Waals surface area (Å²) in [6, 6.07) is 14.9. The van der Waals surface area contributed by atoms with E-state index in [-0.39, 0.29) is 5.82 Å². The number of carbonyl (C=O) groups excluding carboxylic acids is 2. The van der Waals surface area contributed by atoms with E-state index >= 15 is 0 Å². The second-order valence-electron chi connectivity index (χ2n) is 5.98. The van der Waals surface area contributed by atoms with E-state index in [1.165, 1.54) is 23.9 Å².